The topological polar surface area (TPSA) is 9.23 Å². The van der Waals surface area contributed by atoms with Crippen LogP contribution in [0.3, 0.4) is 0 Å². The minimum Gasteiger partial charge on any atom is -0.489 e. The van der Waals surface area contributed by atoms with Crippen molar-refractivity contribution in [1.29, 1.82) is 0 Å². The minimum absolute atomic E-state index is 0.592. The first kappa shape index (κ1) is 12.1. The second-order valence-corrected chi connectivity index (χ2v) is 3.69. The molecule has 0 aromatic heterocycles. The van der Waals surface area contributed by atoms with E-state index in [1.807, 2.05) is 13.0 Å². The van der Waals surface area contributed by atoms with Crippen LogP contribution in [0.5, 0.6) is 0 Å². The average molecular weight is 267 g/mol. The fourth-order valence-electron chi connectivity index (χ4n) is 1.15. The quantitative estimate of drug-likeness (QED) is 0.441. The van der Waals surface area contributed by atoms with Crippen LogP contribution in [0, 0.1) is 0 Å². The molecule has 0 fully saturated rings. The normalized spacial score (nSPS) is 11.2. The molecule has 15 heavy (non-hydrogen) atoms. The van der Waals surface area contributed by atoms with Crippen molar-refractivity contribution in [1.82, 2.24) is 0 Å². The maximum absolute atomic E-state index is 5.53. The number of benzene rings is 1. The highest BCUT2D eigenvalue weighted by Gasteiger charge is 1.95. The van der Waals surface area contributed by atoms with Gasteiger partial charge in [0.25, 0.3) is 0 Å². The van der Waals surface area contributed by atoms with E-state index in [2.05, 4.69) is 46.8 Å². The van der Waals surface area contributed by atoms with Gasteiger partial charge in [-0.2, -0.15) is 0 Å². The molecule has 1 rings (SSSR count). The largest absolute Gasteiger partial charge is 0.489 e. The summed E-state index contributed by atoms with van der Waals surface area (Å²) in [6.45, 7) is 6.20. The Morgan fingerprint density at radius 3 is 2.40 bits per heavy atom. The highest BCUT2D eigenvalue weighted by Crippen LogP contribution is 2.10. The van der Waals surface area contributed by atoms with Gasteiger partial charge >= 0.3 is 0 Å². The summed E-state index contributed by atoms with van der Waals surface area (Å²) in [5, 5.41) is 0.890. The van der Waals surface area contributed by atoms with Crippen molar-refractivity contribution in [3.05, 3.63) is 59.9 Å². The zero-order valence-electron chi connectivity index (χ0n) is 8.87. The van der Waals surface area contributed by atoms with E-state index in [0.717, 1.165) is 11.1 Å². The number of alkyl halides is 1. The van der Waals surface area contributed by atoms with Gasteiger partial charge in [0.05, 0.1) is 0 Å². The lowest BCUT2D eigenvalue weighted by Crippen LogP contribution is -1.91. The van der Waals surface area contributed by atoms with Crippen molar-refractivity contribution in [3.63, 3.8) is 0 Å². The lowest BCUT2D eigenvalue weighted by atomic mass is 10.2. The average Bonchev–Trinajstić information content (AvgIpc) is 2.31. The van der Waals surface area contributed by atoms with Gasteiger partial charge in [0, 0.05) is 5.33 Å². The van der Waals surface area contributed by atoms with Crippen LogP contribution in [0.2, 0.25) is 0 Å². The van der Waals surface area contributed by atoms with Crippen LogP contribution >= 0.6 is 15.9 Å². The lowest BCUT2D eigenvalue weighted by Gasteiger charge is -2.06. The molecule has 0 bridgehead atoms. The van der Waals surface area contributed by atoms with Gasteiger partial charge in [0.15, 0.2) is 0 Å². The SMILES string of the molecule is C=C/C(=C\C)OCc1ccc(CBr)cc1. The predicted molar refractivity (Wildman–Crippen MR) is 67.8 cm³/mol. The van der Waals surface area contributed by atoms with E-state index in [-0.39, 0.29) is 0 Å². The third kappa shape index (κ3) is 3.92. The van der Waals surface area contributed by atoms with E-state index in [4.69, 9.17) is 4.74 Å². The summed E-state index contributed by atoms with van der Waals surface area (Å²) in [4.78, 5) is 0. The Hall–Kier alpha value is -1.02. The molecule has 0 aliphatic rings. The highest BCUT2D eigenvalue weighted by atomic mass is 79.9. The van der Waals surface area contributed by atoms with Crippen LogP contribution in [0.1, 0.15) is 18.1 Å². The van der Waals surface area contributed by atoms with E-state index in [1.54, 1.807) is 6.08 Å². The molecule has 0 heterocycles. The lowest BCUT2D eigenvalue weighted by molar-refractivity contribution is 0.211. The molecule has 1 nitrogen and oxygen atoms in total. The van der Waals surface area contributed by atoms with Crippen molar-refractivity contribution in [3.8, 4) is 0 Å². The number of allylic oxidation sites excluding steroid dienone is 2. The fourth-order valence-corrected chi connectivity index (χ4v) is 1.53. The first-order valence-corrected chi connectivity index (χ1v) is 5.97. The van der Waals surface area contributed by atoms with Gasteiger partial charge in [-0.05, 0) is 30.2 Å². The molecule has 2 heteroatoms. The van der Waals surface area contributed by atoms with E-state index in [9.17, 15) is 0 Å². The number of hydrogen-bond donors (Lipinski definition) is 0. The third-order valence-corrected chi connectivity index (χ3v) is 2.72. The third-order valence-electron chi connectivity index (χ3n) is 2.07. The van der Waals surface area contributed by atoms with E-state index in [0.29, 0.717) is 6.61 Å². The monoisotopic (exact) mass is 266 g/mol. The molecule has 0 amide bonds. The van der Waals surface area contributed by atoms with Crippen molar-refractivity contribution in [2.45, 2.75) is 18.9 Å². The molecule has 1 aromatic rings. The summed E-state index contributed by atoms with van der Waals surface area (Å²) in [5.74, 6) is 0.819. The molecule has 0 saturated heterocycles. The summed E-state index contributed by atoms with van der Waals surface area (Å²) in [7, 11) is 0. The fraction of sp³-hybridized carbons (Fsp3) is 0.231. The van der Waals surface area contributed by atoms with Crippen LogP contribution < -0.4 is 0 Å². The summed E-state index contributed by atoms with van der Waals surface area (Å²) < 4.78 is 5.53. The maximum Gasteiger partial charge on any atom is 0.114 e. The zero-order chi connectivity index (χ0) is 11.1. The summed E-state index contributed by atoms with van der Waals surface area (Å²) in [6, 6.07) is 8.34. The molecule has 0 unspecified atom stereocenters. The van der Waals surface area contributed by atoms with Gasteiger partial charge in [0.1, 0.15) is 12.4 Å². The van der Waals surface area contributed by atoms with Gasteiger partial charge in [0.2, 0.25) is 0 Å². The number of rotatable bonds is 5. The van der Waals surface area contributed by atoms with Gasteiger partial charge in [-0.3, -0.25) is 0 Å². The Balaban J connectivity index is 2.54. The van der Waals surface area contributed by atoms with Crippen LogP contribution in [-0.4, -0.2) is 0 Å². The Labute approximate surface area is 99.6 Å². The number of ether oxygens (including phenoxy) is 1. The first-order chi connectivity index (χ1) is 7.30. The molecule has 1 aromatic carbocycles. The van der Waals surface area contributed by atoms with Gasteiger partial charge in [-0.25, -0.2) is 0 Å². The maximum atomic E-state index is 5.53. The minimum atomic E-state index is 0.592. The van der Waals surface area contributed by atoms with Gasteiger partial charge in [-0.1, -0.05) is 46.8 Å². The number of halogens is 1. The smallest absolute Gasteiger partial charge is 0.114 e. The second kappa shape index (κ2) is 6.46. The standard InChI is InChI=1S/C13H15BrO/c1-3-13(4-2)15-10-12-7-5-11(9-14)6-8-12/h3-8H,1,9-10H2,2H3/b13-4+. The molecular weight excluding hydrogens is 252 g/mol. The Morgan fingerprint density at radius 2 is 1.93 bits per heavy atom. The molecule has 0 aliphatic heterocycles. The Kier molecular flexibility index (Phi) is 5.19. The molecule has 0 aliphatic carbocycles. The molecule has 80 valence electrons. The Bertz CT molecular complexity index is 338. The predicted octanol–water partition coefficient (Wildman–Crippen LogP) is 4.19. The van der Waals surface area contributed by atoms with Gasteiger partial charge in [-0.15, -0.1) is 0 Å². The number of hydrogen-bond acceptors (Lipinski definition) is 1. The molecule has 0 radical (unpaired) electrons. The molecule has 0 atom stereocenters. The van der Waals surface area contributed by atoms with E-state index < -0.39 is 0 Å². The van der Waals surface area contributed by atoms with Crippen molar-refractivity contribution < 1.29 is 4.74 Å². The Morgan fingerprint density at radius 1 is 1.33 bits per heavy atom. The first-order valence-electron chi connectivity index (χ1n) is 4.85. The molecular formula is C13H15BrO. The summed E-state index contributed by atoms with van der Waals surface area (Å²) >= 11 is 3.41. The van der Waals surface area contributed by atoms with Crippen LogP contribution in [0.4, 0.5) is 0 Å². The van der Waals surface area contributed by atoms with Crippen LogP contribution in [0.15, 0.2) is 48.8 Å². The highest BCUT2D eigenvalue weighted by molar-refractivity contribution is 9.08. The zero-order valence-corrected chi connectivity index (χ0v) is 10.5. The molecule has 0 spiro atoms. The van der Waals surface area contributed by atoms with Crippen molar-refractivity contribution in [2.75, 3.05) is 0 Å². The van der Waals surface area contributed by atoms with Crippen molar-refractivity contribution in [2.24, 2.45) is 0 Å². The molecule has 0 N–H and O–H groups in total. The van der Waals surface area contributed by atoms with Gasteiger partial charge < -0.3 is 4.74 Å². The summed E-state index contributed by atoms with van der Waals surface area (Å²) in [5.41, 5.74) is 2.44. The molecule has 0 saturated carbocycles. The van der Waals surface area contributed by atoms with Crippen molar-refractivity contribution >= 4 is 15.9 Å². The van der Waals surface area contributed by atoms with Crippen LogP contribution in [-0.2, 0) is 16.7 Å². The van der Waals surface area contributed by atoms with Crippen LogP contribution in [0.25, 0.3) is 0 Å². The second-order valence-electron chi connectivity index (χ2n) is 3.13. The summed E-state index contributed by atoms with van der Waals surface area (Å²) in [6.07, 6.45) is 3.62. The van der Waals surface area contributed by atoms with E-state index in [1.165, 1.54) is 11.1 Å². The van der Waals surface area contributed by atoms with E-state index >= 15 is 0 Å².